The number of hydrogen-bond acceptors (Lipinski definition) is 5. The standard InChI is InChI=1S/C21H24N4O3/c1-12(2)25(21(27)18-13(3)19(15(5)26)22-14(18)4)11-17-23-20(24-28-17)16-9-7-6-8-10-16/h6-10,12,22H,11H2,1-5H3. The summed E-state index contributed by atoms with van der Waals surface area (Å²) in [7, 11) is 0. The normalized spacial score (nSPS) is 11.1. The van der Waals surface area contributed by atoms with Gasteiger partial charge in [-0.15, -0.1) is 0 Å². The number of amides is 1. The number of nitrogens with zero attached hydrogens (tertiary/aromatic N) is 3. The number of ketones is 1. The second kappa shape index (κ2) is 7.80. The minimum absolute atomic E-state index is 0.0888. The number of H-pyrrole nitrogens is 1. The first kappa shape index (κ1) is 19.5. The van der Waals surface area contributed by atoms with Crippen LogP contribution in [0.1, 0.15) is 58.8 Å². The van der Waals surface area contributed by atoms with E-state index in [0.29, 0.717) is 34.2 Å². The van der Waals surface area contributed by atoms with Gasteiger partial charge in [-0.25, -0.2) is 0 Å². The summed E-state index contributed by atoms with van der Waals surface area (Å²) in [6.45, 7) is 9.11. The summed E-state index contributed by atoms with van der Waals surface area (Å²) >= 11 is 0. The fourth-order valence-corrected chi connectivity index (χ4v) is 3.22. The van der Waals surface area contributed by atoms with Crippen LogP contribution in [0.3, 0.4) is 0 Å². The van der Waals surface area contributed by atoms with Crippen molar-refractivity contribution in [3.05, 3.63) is 58.7 Å². The molecule has 2 heterocycles. The molecular weight excluding hydrogens is 356 g/mol. The Kier molecular flexibility index (Phi) is 5.44. The van der Waals surface area contributed by atoms with E-state index in [0.717, 1.165) is 5.56 Å². The fourth-order valence-electron chi connectivity index (χ4n) is 3.22. The van der Waals surface area contributed by atoms with E-state index in [2.05, 4.69) is 15.1 Å². The van der Waals surface area contributed by atoms with E-state index in [1.807, 2.05) is 44.2 Å². The van der Waals surface area contributed by atoms with E-state index in [1.54, 1.807) is 18.7 Å². The number of carbonyl (C=O) groups is 2. The smallest absolute Gasteiger partial charge is 0.256 e. The lowest BCUT2D eigenvalue weighted by atomic mass is 10.1. The number of carbonyl (C=O) groups excluding carboxylic acids is 2. The van der Waals surface area contributed by atoms with Crippen molar-refractivity contribution >= 4 is 11.7 Å². The third-order valence-electron chi connectivity index (χ3n) is 4.69. The Morgan fingerprint density at radius 1 is 1.18 bits per heavy atom. The first-order valence-corrected chi connectivity index (χ1v) is 9.18. The number of benzene rings is 1. The largest absolute Gasteiger partial charge is 0.355 e. The highest BCUT2D eigenvalue weighted by atomic mass is 16.5. The van der Waals surface area contributed by atoms with Gasteiger partial charge in [0.15, 0.2) is 5.78 Å². The van der Waals surface area contributed by atoms with Crippen LogP contribution in [-0.4, -0.2) is 37.8 Å². The van der Waals surface area contributed by atoms with Gasteiger partial charge in [0.2, 0.25) is 11.7 Å². The zero-order valence-electron chi connectivity index (χ0n) is 16.7. The van der Waals surface area contributed by atoms with Crippen LogP contribution in [0.4, 0.5) is 0 Å². The molecule has 7 heteroatoms. The minimum atomic E-state index is -0.173. The Labute approximate surface area is 163 Å². The monoisotopic (exact) mass is 380 g/mol. The molecule has 1 aromatic carbocycles. The lowest BCUT2D eigenvalue weighted by Crippen LogP contribution is -2.37. The summed E-state index contributed by atoms with van der Waals surface area (Å²) in [6, 6.07) is 9.43. The highest BCUT2D eigenvalue weighted by molar-refractivity contribution is 6.02. The molecular formula is C21H24N4O3. The van der Waals surface area contributed by atoms with Crippen LogP contribution in [0.5, 0.6) is 0 Å². The molecule has 0 atom stereocenters. The molecule has 2 aromatic heterocycles. The van der Waals surface area contributed by atoms with Crippen LogP contribution < -0.4 is 0 Å². The molecule has 0 fully saturated rings. The summed E-state index contributed by atoms with van der Waals surface area (Å²) in [5.74, 6) is 0.575. The maximum absolute atomic E-state index is 13.2. The van der Waals surface area contributed by atoms with Crippen molar-refractivity contribution in [1.82, 2.24) is 20.0 Å². The lowest BCUT2D eigenvalue weighted by molar-refractivity contribution is 0.0666. The molecule has 1 N–H and O–H groups in total. The second-order valence-corrected chi connectivity index (χ2v) is 7.09. The molecule has 1 amide bonds. The Hall–Kier alpha value is -3.22. The van der Waals surface area contributed by atoms with Crippen molar-refractivity contribution in [2.24, 2.45) is 0 Å². The van der Waals surface area contributed by atoms with Crippen molar-refractivity contribution in [2.45, 2.75) is 47.2 Å². The molecule has 0 bridgehead atoms. The molecule has 0 saturated carbocycles. The van der Waals surface area contributed by atoms with E-state index < -0.39 is 0 Å². The van der Waals surface area contributed by atoms with Crippen molar-refractivity contribution < 1.29 is 14.1 Å². The number of aromatic nitrogens is 3. The van der Waals surface area contributed by atoms with Crippen LogP contribution >= 0.6 is 0 Å². The van der Waals surface area contributed by atoms with Crippen LogP contribution in [-0.2, 0) is 6.54 Å². The molecule has 0 spiro atoms. The molecule has 0 aliphatic heterocycles. The first-order chi connectivity index (χ1) is 13.3. The Balaban J connectivity index is 1.88. The summed E-state index contributed by atoms with van der Waals surface area (Å²) in [6.07, 6.45) is 0. The van der Waals surface area contributed by atoms with Crippen molar-refractivity contribution in [3.63, 3.8) is 0 Å². The second-order valence-electron chi connectivity index (χ2n) is 7.09. The zero-order chi connectivity index (χ0) is 20.4. The van der Waals surface area contributed by atoms with Gasteiger partial charge >= 0.3 is 0 Å². The van der Waals surface area contributed by atoms with Gasteiger partial charge in [0, 0.05) is 24.2 Å². The molecule has 146 valence electrons. The van der Waals surface area contributed by atoms with Crippen LogP contribution in [0.2, 0.25) is 0 Å². The van der Waals surface area contributed by atoms with Gasteiger partial charge in [-0.3, -0.25) is 9.59 Å². The van der Waals surface area contributed by atoms with Crippen LogP contribution in [0, 0.1) is 13.8 Å². The van der Waals surface area contributed by atoms with Crippen LogP contribution in [0.25, 0.3) is 11.4 Å². The number of aromatic amines is 1. The van der Waals surface area contributed by atoms with E-state index >= 15 is 0 Å². The van der Waals surface area contributed by atoms with E-state index in [-0.39, 0.29) is 24.3 Å². The quantitative estimate of drug-likeness (QED) is 0.654. The average Bonchev–Trinajstić information content (AvgIpc) is 3.24. The number of rotatable bonds is 6. The summed E-state index contributed by atoms with van der Waals surface area (Å²) < 4.78 is 5.37. The maximum Gasteiger partial charge on any atom is 0.256 e. The Bertz CT molecular complexity index is 1000. The molecule has 3 aromatic rings. The van der Waals surface area contributed by atoms with Gasteiger partial charge in [-0.05, 0) is 33.3 Å². The van der Waals surface area contributed by atoms with Gasteiger partial charge in [0.25, 0.3) is 5.91 Å². The molecule has 0 aliphatic rings. The topological polar surface area (TPSA) is 92.1 Å². The first-order valence-electron chi connectivity index (χ1n) is 9.18. The van der Waals surface area contributed by atoms with Crippen LogP contribution in [0.15, 0.2) is 34.9 Å². The molecule has 3 rings (SSSR count). The zero-order valence-corrected chi connectivity index (χ0v) is 16.7. The molecule has 7 nitrogen and oxygen atoms in total. The van der Waals surface area contributed by atoms with E-state index in [4.69, 9.17) is 4.52 Å². The molecule has 0 aliphatic carbocycles. The van der Waals surface area contributed by atoms with E-state index in [9.17, 15) is 9.59 Å². The van der Waals surface area contributed by atoms with Gasteiger partial charge in [0.1, 0.15) is 6.54 Å². The van der Waals surface area contributed by atoms with Gasteiger partial charge < -0.3 is 14.4 Å². The van der Waals surface area contributed by atoms with Crippen molar-refractivity contribution in [3.8, 4) is 11.4 Å². The van der Waals surface area contributed by atoms with Gasteiger partial charge in [0.05, 0.1) is 11.3 Å². The Morgan fingerprint density at radius 3 is 2.43 bits per heavy atom. The van der Waals surface area contributed by atoms with Gasteiger partial charge in [-0.2, -0.15) is 4.98 Å². The molecule has 0 unspecified atom stereocenters. The molecule has 0 saturated heterocycles. The Morgan fingerprint density at radius 2 is 1.86 bits per heavy atom. The van der Waals surface area contributed by atoms with Gasteiger partial charge in [-0.1, -0.05) is 35.5 Å². The van der Waals surface area contributed by atoms with Crippen molar-refractivity contribution in [1.29, 1.82) is 0 Å². The number of Topliss-reactive ketones (excluding diaryl/α,β-unsaturated/α-hetero) is 1. The third-order valence-corrected chi connectivity index (χ3v) is 4.69. The lowest BCUT2D eigenvalue weighted by Gasteiger charge is -2.25. The number of nitrogens with one attached hydrogen (secondary N) is 1. The number of hydrogen-bond donors (Lipinski definition) is 1. The number of aryl methyl sites for hydroxylation is 1. The van der Waals surface area contributed by atoms with Crippen molar-refractivity contribution in [2.75, 3.05) is 0 Å². The minimum Gasteiger partial charge on any atom is -0.355 e. The predicted molar refractivity (Wildman–Crippen MR) is 105 cm³/mol. The highest BCUT2D eigenvalue weighted by Gasteiger charge is 2.27. The average molecular weight is 380 g/mol. The highest BCUT2D eigenvalue weighted by Crippen LogP contribution is 2.23. The van der Waals surface area contributed by atoms with E-state index in [1.165, 1.54) is 6.92 Å². The third kappa shape index (κ3) is 3.74. The summed E-state index contributed by atoms with van der Waals surface area (Å²) in [4.78, 5) is 34.2. The summed E-state index contributed by atoms with van der Waals surface area (Å²) in [5.41, 5.74) is 3.17. The fraction of sp³-hybridized carbons (Fsp3) is 0.333. The summed E-state index contributed by atoms with van der Waals surface area (Å²) in [5, 5.41) is 4.02. The molecule has 28 heavy (non-hydrogen) atoms. The predicted octanol–water partition coefficient (Wildman–Crippen LogP) is 3.93. The molecule has 0 radical (unpaired) electrons. The SMILES string of the molecule is CC(=O)c1[nH]c(C)c(C(=O)N(Cc2nc(-c3ccccc3)no2)C(C)C)c1C. The maximum atomic E-state index is 13.2.